The van der Waals surface area contributed by atoms with Gasteiger partial charge in [-0.05, 0) is 57.2 Å². The van der Waals surface area contributed by atoms with E-state index in [-0.39, 0.29) is 17.5 Å². The van der Waals surface area contributed by atoms with Crippen LogP contribution < -0.4 is 10.6 Å². The van der Waals surface area contributed by atoms with Gasteiger partial charge in [0.1, 0.15) is 5.69 Å². The summed E-state index contributed by atoms with van der Waals surface area (Å²) in [7, 11) is 3.98. The Morgan fingerprint density at radius 1 is 1.12 bits per heavy atom. The molecule has 0 radical (unpaired) electrons. The van der Waals surface area contributed by atoms with E-state index in [1.807, 2.05) is 45.3 Å². The number of pyridine rings is 1. The van der Waals surface area contributed by atoms with Crippen LogP contribution in [0.3, 0.4) is 0 Å². The SMILES string of the molecule is CCc1ccccc1NC(=O)c1cc(C(=O)NCCCN(C)C)ccn1. The Morgan fingerprint density at radius 3 is 2.62 bits per heavy atom. The summed E-state index contributed by atoms with van der Waals surface area (Å²) in [5.74, 6) is -0.526. The van der Waals surface area contributed by atoms with Gasteiger partial charge in [0.2, 0.25) is 0 Å². The molecule has 0 aliphatic heterocycles. The number of benzene rings is 1. The number of aryl methyl sites for hydroxylation is 1. The van der Waals surface area contributed by atoms with Crippen molar-refractivity contribution in [2.45, 2.75) is 19.8 Å². The summed E-state index contributed by atoms with van der Waals surface area (Å²) in [6, 6.07) is 10.8. The molecule has 0 aliphatic rings. The fraction of sp³-hybridized carbons (Fsp3) is 0.350. The van der Waals surface area contributed by atoms with E-state index in [1.165, 1.54) is 12.3 Å². The van der Waals surface area contributed by atoms with Crippen LogP contribution >= 0.6 is 0 Å². The van der Waals surface area contributed by atoms with E-state index in [4.69, 9.17) is 0 Å². The van der Waals surface area contributed by atoms with Gasteiger partial charge in [0.25, 0.3) is 11.8 Å². The first kappa shape index (κ1) is 19.6. The lowest BCUT2D eigenvalue weighted by Crippen LogP contribution is -2.27. The molecule has 0 aliphatic carbocycles. The summed E-state index contributed by atoms with van der Waals surface area (Å²) in [5, 5.41) is 5.73. The number of amides is 2. The van der Waals surface area contributed by atoms with Gasteiger partial charge in [-0.2, -0.15) is 0 Å². The number of carbonyl (C=O) groups is 2. The van der Waals surface area contributed by atoms with Gasteiger partial charge in [-0.25, -0.2) is 0 Å². The van der Waals surface area contributed by atoms with Gasteiger partial charge < -0.3 is 15.5 Å². The number of anilines is 1. The van der Waals surface area contributed by atoms with Gasteiger partial charge in [-0.15, -0.1) is 0 Å². The van der Waals surface area contributed by atoms with E-state index in [9.17, 15) is 9.59 Å². The lowest BCUT2D eigenvalue weighted by atomic mass is 10.1. The number of nitrogens with one attached hydrogen (secondary N) is 2. The van der Waals surface area contributed by atoms with Gasteiger partial charge >= 0.3 is 0 Å². The van der Waals surface area contributed by atoms with Crippen molar-refractivity contribution in [3.63, 3.8) is 0 Å². The lowest BCUT2D eigenvalue weighted by molar-refractivity contribution is 0.0952. The predicted octanol–water partition coefficient (Wildman–Crippen LogP) is 2.58. The second-order valence-electron chi connectivity index (χ2n) is 6.31. The number of aromatic nitrogens is 1. The number of hydrogen-bond acceptors (Lipinski definition) is 4. The number of para-hydroxylation sites is 1. The van der Waals surface area contributed by atoms with E-state index < -0.39 is 0 Å². The average molecular weight is 354 g/mol. The molecule has 0 atom stereocenters. The molecule has 1 heterocycles. The number of hydrogen-bond donors (Lipinski definition) is 2. The van der Waals surface area contributed by atoms with Crippen molar-refractivity contribution in [1.29, 1.82) is 0 Å². The summed E-state index contributed by atoms with van der Waals surface area (Å²) in [6.07, 6.45) is 3.17. The maximum absolute atomic E-state index is 12.5. The Hall–Kier alpha value is -2.73. The summed E-state index contributed by atoms with van der Waals surface area (Å²) in [4.78, 5) is 30.9. The van der Waals surface area contributed by atoms with Crippen molar-refractivity contribution >= 4 is 17.5 Å². The third kappa shape index (κ3) is 5.67. The van der Waals surface area contributed by atoms with Crippen molar-refractivity contribution in [2.24, 2.45) is 0 Å². The Balaban J connectivity index is 2.01. The van der Waals surface area contributed by atoms with E-state index in [0.29, 0.717) is 12.1 Å². The highest BCUT2D eigenvalue weighted by atomic mass is 16.2. The van der Waals surface area contributed by atoms with Gasteiger partial charge in [0.05, 0.1) is 0 Å². The van der Waals surface area contributed by atoms with Gasteiger partial charge in [0, 0.05) is 24.0 Å². The summed E-state index contributed by atoms with van der Waals surface area (Å²) >= 11 is 0. The van der Waals surface area contributed by atoms with Gasteiger partial charge in [-0.1, -0.05) is 25.1 Å². The molecule has 2 N–H and O–H groups in total. The summed E-state index contributed by atoms with van der Waals surface area (Å²) in [6.45, 7) is 3.52. The van der Waals surface area contributed by atoms with Gasteiger partial charge in [0.15, 0.2) is 0 Å². The average Bonchev–Trinajstić information content (AvgIpc) is 2.65. The Bertz CT molecular complexity index is 759. The molecule has 0 unspecified atom stereocenters. The zero-order valence-electron chi connectivity index (χ0n) is 15.6. The predicted molar refractivity (Wildman–Crippen MR) is 104 cm³/mol. The molecule has 6 nitrogen and oxygen atoms in total. The molecule has 0 saturated carbocycles. The maximum Gasteiger partial charge on any atom is 0.274 e. The molecule has 1 aromatic carbocycles. The number of nitrogens with zero attached hydrogens (tertiary/aromatic N) is 2. The number of rotatable bonds is 8. The first-order valence-electron chi connectivity index (χ1n) is 8.79. The molecule has 26 heavy (non-hydrogen) atoms. The zero-order chi connectivity index (χ0) is 18.9. The molecule has 0 fully saturated rings. The molecule has 0 saturated heterocycles. The van der Waals surface area contributed by atoms with Crippen molar-refractivity contribution < 1.29 is 9.59 Å². The largest absolute Gasteiger partial charge is 0.352 e. The monoisotopic (exact) mass is 354 g/mol. The molecule has 2 rings (SSSR count). The fourth-order valence-electron chi connectivity index (χ4n) is 2.53. The van der Waals surface area contributed by atoms with Crippen LogP contribution in [0.5, 0.6) is 0 Å². The highest BCUT2D eigenvalue weighted by Gasteiger charge is 2.13. The second-order valence-corrected chi connectivity index (χ2v) is 6.31. The van der Waals surface area contributed by atoms with E-state index >= 15 is 0 Å². The minimum atomic E-state index is -0.326. The van der Waals surface area contributed by atoms with E-state index in [0.717, 1.165) is 30.6 Å². The molecule has 1 aromatic heterocycles. The summed E-state index contributed by atoms with van der Waals surface area (Å²) < 4.78 is 0. The van der Waals surface area contributed by atoms with E-state index in [2.05, 4.69) is 20.5 Å². The molecule has 2 aromatic rings. The van der Waals surface area contributed by atoms with Crippen LogP contribution in [-0.2, 0) is 6.42 Å². The minimum Gasteiger partial charge on any atom is -0.352 e. The first-order chi connectivity index (χ1) is 12.5. The Kier molecular flexibility index (Phi) is 7.29. The van der Waals surface area contributed by atoms with Crippen molar-refractivity contribution in [3.05, 3.63) is 59.4 Å². The molecular weight excluding hydrogens is 328 g/mol. The second kappa shape index (κ2) is 9.68. The third-order valence-corrected chi connectivity index (χ3v) is 3.97. The molecule has 0 spiro atoms. The van der Waals surface area contributed by atoms with Crippen LogP contribution in [-0.4, -0.2) is 48.9 Å². The molecule has 138 valence electrons. The molecular formula is C20H26N4O2. The number of carbonyl (C=O) groups excluding carboxylic acids is 2. The quantitative estimate of drug-likeness (QED) is 0.715. The first-order valence-corrected chi connectivity index (χ1v) is 8.79. The minimum absolute atomic E-state index is 0.200. The summed E-state index contributed by atoms with van der Waals surface area (Å²) in [5.41, 5.74) is 2.46. The fourth-order valence-corrected chi connectivity index (χ4v) is 2.53. The Morgan fingerprint density at radius 2 is 1.88 bits per heavy atom. The van der Waals surface area contributed by atoms with E-state index in [1.54, 1.807) is 6.07 Å². The zero-order valence-corrected chi connectivity index (χ0v) is 15.6. The third-order valence-electron chi connectivity index (χ3n) is 3.97. The highest BCUT2D eigenvalue weighted by Crippen LogP contribution is 2.16. The van der Waals surface area contributed by atoms with Crippen LogP contribution in [0, 0.1) is 0 Å². The lowest BCUT2D eigenvalue weighted by Gasteiger charge is -2.11. The standard InChI is InChI=1S/C20H26N4O2/c1-4-15-8-5-6-9-17(15)23-20(26)18-14-16(10-12-21-18)19(25)22-11-7-13-24(2)3/h5-6,8-10,12,14H,4,7,11,13H2,1-3H3,(H,22,25)(H,23,26). The smallest absolute Gasteiger partial charge is 0.274 e. The van der Waals surface area contributed by atoms with Gasteiger partial charge in [-0.3, -0.25) is 14.6 Å². The van der Waals surface area contributed by atoms with Crippen molar-refractivity contribution in [2.75, 3.05) is 32.5 Å². The molecule has 0 bridgehead atoms. The maximum atomic E-state index is 12.5. The highest BCUT2D eigenvalue weighted by molar-refractivity contribution is 6.05. The molecule has 2 amide bonds. The molecule has 6 heteroatoms. The van der Waals surface area contributed by atoms with Crippen LogP contribution in [0.2, 0.25) is 0 Å². The Labute approximate surface area is 154 Å². The van der Waals surface area contributed by atoms with Crippen molar-refractivity contribution in [3.8, 4) is 0 Å². The normalized spacial score (nSPS) is 10.6. The van der Waals surface area contributed by atoms with Crippen LogP contribution in [0.4, 0.5) is 5.69 Å². The van der Waals surface area contributed by atoms with Crippen LogP contribution in [0.15, 0.2) is 42.6 Å². The van der Waals surface area contributed by atoms with Crippen LogP contribution in [0.25, 0.3) is 0 Å². The topological polar surface area (TPSA) is 74.3 Å². The van der Waals surface area contributed by atoms with Crippen molar-refractivity contribution in [1.82, 2.24) is 15.2 Å². The van der Waals surface area contributed by atoms with Crippen LogP contribution in [0.1, 0.15) is 39.8 Å².